The molecule has 0 atom stereocenters. The second-order valence-electron chi connectivity index (χ2n) is 6.03. The second-order valence-corrected chi connectivity index (χ2v) is 6.97. The van der Waals surface area contributed by atoms with Crippen molar-refractivity contribution in [3.63, 3.8) is 0 Å². The average Bonchev–Trinajstić information content (AvgIpc) is 3.13. The molecule has 1 amide bonds. The molecule has 1 heterocycles. The molecule has 0 fully saturated rings. The molecule has 0 aliphatic rings. The van der Waals surface area contributed by atoms with Crippen molar-refractivity contribution in [1.29, 1.82) is 0 Å². The van der Waals surface area contributed by atoms with Crippen molar-refractivity contribution in [2.75, 3.05) is 18.2 Å². The summed E-state index contributed by atoms with van der Waals surface area (Å²) in [5.74, 6) is 1.08. The van der Waals surface area contributed by atoms with Crippen molar-refractivity contribution in [3.05, 3.63) is 53.8 Å². The molecule has 0 unspecified atom stereocenters. The van der Waals surface area contributed by atoms with Crippen LogP contribution in [-0.4, -0.2) is 33.5 Å². The van der Waals surface area contributed by atoms with Gasteiger partial charge in [0.25, 0.3) is 0 Å². The molecule has 0 radical (unpaired) electrons. The number of benzene rings is 2. The average molecular weight is 400 g/mol. The maximum absolute atomic E-state index is 13.6. The third kappa shape index (κ3) is 4.33. The molecule has 0 aliphatic heterocycles. The number of anilines is 1. The molecule has 6 nitrogen and oxygen atoms in total. The molecule has 0 bridgehead atoms. The van der Waals surface area contributed by atoms with Crippen molar-refractivity contribution >= 4 is 23.4 Å². The summed E-state index contributed by atoms with van der Waals surface area (Å²) in [6.07, 6.45) is 0. The van der Waals surface area contributed by atoms with E-state index in [0.29, 0.717) is 23.0 Å². The largest absolute Gasteiger partial charge is 0.497 e. The Morgan fingerprint density at radius 3 is 2.64 bits per heavy atom. The molecular formula is C20H21FN4O2S. The SMILES string of the molecule is CCn1c(SCC(=O)Nc2cccc(F)c2C)nnc1-c1ccc(OC)cc1. The summed E-state index contributed by atoms with van der Waals surface area (Å²) in [5.41, 5.74) is 1.81. The zero-order valence-electron chi connectivity index (χ0n) is 15.9. The van der Waals surface area contributed by atoms with E-state index in [1.165, 1.54) is 17.8 Å². The quantitative estimate of drug-likeness (QED) is 0.604. The van der Waals surface area contributed by atoms with Crippen molar-refractivity contribution < 1.29 is 13.9 Å². The van der Waals surface area contributed by atoms with Gasteiger partial charge in [0, 0.05) is 23.4 Å². The van der Waals surface area contributed by atoms with E-state index < -0.39 is 0 Å². The highest BCUT2D eigenvalue weighted by Gasteiger charge is 2.15. The van der Waals surface area contributed by atoms with E-state index >= 15 is 0 Å². The first kappa shape index (κ1) is 19.9. The fourth-order valence-electron chi connectivity index (χ4n) is 2.69. The first-order valence-electron chi connectivity index (χ1n) is 8.78. The van der Waals surface area contributed by atoms with Gasteiger partial charge in [-0.25, -0.2) is 4.39 Å². The van der Waals surface area contributed by atoms with Crippen molar-refractivity contribution in [2.45, 2.75) is 25.5 Å². The Kier molecular flexibility index (Phi) is 6.30. The van der Waals surface area contributed by atoms with Crippen LogP contribution in [0.2, 0.25) is 0 Å². The van der Waals surface area contributed by atoms with Crippen molar-refractivity contribution in [1.82, 2.24) is 14.8 Å². The Balaban J connectivity index is 1.69. The minimum Gasteiger partial charge on any atom is -0.497 e. The summed E-state index contributed by atoms with van der Waals surface area (Å²) in [4.78, 5) is 12.3. The molecule has 1 N–H and O–H groups in total. The number of carbonyl (C=O) groups excluding carboxylic acids is 1. The Morgan fingerprint density at radius 2 is 1.96 bits per heavy atom. The topological polar surface area (TPSA) is 69.0 Å². The van der Waals surface area contributed by atoms with Gasteiger partial charge in [0.05, 0.1) is 12.9 Å². The molecule has 3 rings (SSSR count). The fraction of sp³-hybridized carbons (Fsp3) is 0.250. The molecule has 0 spiro atoms. The Bertz CT molecular complexity index is 973. The Labute approximate surface area is 167 Å². The van der Waals surface area contributed by atoms with Crippen molar-refractivity contribution in [2.24, 2.45) is 0 Å². The number of aromatic nitrogens is 3. The lowest BCUT2D eigenvalue weighted by molar-refractivity contribution is -0.113. The van der Waals surface area contributed by atoms with Gasteiger partial charge in [0.1, 0.15) is 11.6 Å². The van der Waals surface area contributed by atoms with Crippen LogP contribution in [0, 0.1) is 12.7 Å². The number of hydrogen-bond acceptors (Lipinski definition) is 5. The monoisotopic (exact) mass is 400 g/mol. The standard InChI is InChI=1S/C20H21FN4O2S/c1-4-25-19(14-8-10-15(27-3)11-9-14)23-24-20(25)28-12-18(26)22-17-7-5-6-16(21)13(17)2/h5-11H,4,12H2,1-3H3,(H,22,26). The normalized spacial score (nSPS) is 10.7. The molecule has 0 saturated carbocycles. The van der Waals surface area contributed by atoms with Crippen LogP contribution >= 0.6 is 11.8 Å². The maximum Gasteiger partial charge on any atom is 0.234 e. The molecule has 0 aliphatic carbocycles. The number of methoxy groups -OCH3 is 1. The minimum atomic E-state index is -0.347. The zero-order valence-corrected chi connectivity index (χ0v) is 16.7. The lowest BCUT2D eigenvalue weighted by atomic mass is 10.2. The molecule has 1 aromatic heterocycles. The molecule has 3 aromatic rings. The van der Waals surface area contributed by atoms with Gasteiger partial charge in [-0.2, -0.15) is 0 Å². The van der Waals surface area contributed by atoms with Crippen LogP contribution in [-0.2, 0) is 11.3 Å². The number of ether oxygens (including phenoxy) is 1. The number of nitrogens with one attached hydrogen (secondary N) is 1. The minimum absolute atomic E-state index is 0.150. The van der Waals surface area contributed by atoms with Gasteiger partial charge >= 0.3 is 0 Å². The second kappa shape index (κ2) is 8.88. The number of hydrogen-bond donors (Lipinski definition) is 1. The number of amides is 1. The van der Waals surface area contributed by atoms with Gasteiger partial charge in [-0.1, -0.05) is 17.8 Å². The first-order valence-corrected chi connectivity index (χ1v) is 9.77. The Hall–Kier alpha value is -2.87. The molecule has 28 heavy (non-hydrogen) atoms. The summed E-state index contributed by atoms with van der Waals surface area (Å²) < 4.78 is 20.7. The smallest absolute Gasteiger partial charge is 0.234 e. The van der Waals surface area contributed by atoms with E-state index in [-0.39, 0.29) is 17.5 Å². The van der Waals surface area contributed by atoms with E-state index in [0.717, 1.165) is 17.1 Å². The van der Waals surface area contributed by atoms with Crippen LogP contribution < -0.4 is 10.1 Å². The summed E-state index contributed by atoms with van der Waals surface area (Å²) in [5, 5.41) is 11.9. The van der Waals surface area contributed by atoms with Gasteiger partial charge in [-0.05, 0) is 50.2 Å². The fourth-order valence-corrected chi connectivity index (χ4v) is 3.50. The molecule has 8 heteroatoms. The van der Waals surface area contributed by atoms with Gasteiger partial charge in [0.15, 0.2) is 11.0 Å². The predicted octanol–water partition coefficient (Wildman–Crippen LogP) is 4.15. The van der Waals surface area contributed by atoms with Crippen molar-refractivity contribution in [3.8, 4) is 17.1 Å². The van der Waals surface area contributed by atoms with E-state index in [1.807, 2.05) is 35.8 Å². The van der Waals surface area contributed by atoms with Gasteiger partial charge in [-0.15, -0.1) is 10.2 Å². The number of carbonyl (C=O) groups is 1. The predicted molar refractivity (Wildman–Crippen MR) is 108 cm³/mol. The first-order chi connectivity index (χ1) is 13.5. The van der Waals surface area contributed by atoms with E-state index in [1.54, 1.807) is 26.2 Å². The van der Waals surface area contributed by atoms with Gasteiger partial charge < -0.3 is 14.6 Å². The van der Waals surface area contributed by atoms with Crippen LogP contribution in [0.1, 0.15) is 12.5 Å². The van der Waals surface area contributed by atoms with E-state index in [9.17, 15) is 9.18 Å². The highest BCUT2D eigenvalue weighted by molar-refractivity contribution is 7.99. The lowest BCUT2D eigenvalue weighted by Crippen LogP contribution is -2.15. The molecule has 146 valence electrons. The molecular weight excluding hydrogens is 379 g/mol. The molecule has 0 saturated heterocycles. The Morgan fingerprint density at radius 1 is 1.21 bits per heavy atom. The summed E-state index contributed by atoms with van der Waals surface area (Å²) >= 11 is 1.29. The lowest BCUT2D eigenvalue weighted by Gasteiger charge is -2.10. The number of rotatable bonds is 7. The highest BCUT2D eigenvalue weighted by atomic mass is 32.2. The third-order valence-electron chi connectivity index (χ3n) is 4.26. The van der Waals surface area contributed by atoms with E-state index in [4.69, 9.17) is 4.74 Å². The number of halogens is 1. The van der Waals surface area contributed by atoms with Crippen LogP contribution in [0.25, 0.3) is 11.4 Å². The number of thioether (sulfide) groups is 1. The number of nitrogens with zero attached hydrogens (tertiary/aromatic N) is 3. The highest BCUT2D eigenvalue weighted by Crippen LogP contribution is 2.26. The van der Waals surface area contributed by atoms with Crippen LogP contribution in [0.3, 0.4) is 0 Å². The zero-order chi connectivity index (χ0) is 20.1. The molecule has 2 aromatic carbocycles. The van der Waals surface area contributed by atoms with Gasteiger partial charge in [0.2, 0.25) is 5.91 Å². The van der Waals surface area contributed by atoms with Crippen LogP contribution in [0.15, 0.2) is 47.6 Å². The van der Waals surface area contributed by atoms with Crippen LogP contribution in [0.5, 0.6) is 5.75 Å². The summed E-state index contributed by atoms with van der Waals surface area (Å²) in [7, 11) is 1.62. The summed E-state index contributed by atoms with van der Waals surface area (Å²) in [6, 6.07) is 12.2. The summed E-state index contributed by atoms with van der Waals surface area (Å²) in [6.45, 7) is 4.30. The third-order valence-corrected chi connectivity index (χ3v) is 5.22. The van der Waals surface area contributed by atoms with E-state index in [2.05, 4.69) is 15.5 Å². The van der Waals surface area contributed by atoms with Gasteiger partial charge in [-0.3, -0.25) is 4.79 Å². The maximum atomic E-state index is 13.6. The van der Waals surface area contributed by atoms with Crippen LogP contribution in [0.4, 0.5) is 10.1 Å².